The minimum atomic E-state index is -0.283. The summed E-state index contributed by atoms with van der Waals surface area (Å²) in [6.07, 6.45) is 5.91. The molecule has 24 heavy (non-hydrogen) atoms. The van der Waals surface area contributed by atoms with Gasteiger partial charge in [-0.3, -0.25) is 4.79 Å². The molecule has 0 saturated heterocycles. The molecule has 6 heteroatoms. The molecule has 0 spiro atoms. The number of nitrogens with zero attached hydrogens (tertiary/aromatic N) is 5. The van der Waals surface area contributed by atoms with Crippen LogP contribution in [-0.4, -0.2) is 42.4 Å². The molecule has 4 rings (SSSR count). The monoisotopic (exact) mass is 321 g/mol. The van der Waals surface area contributed by atoms with Gasteiger partial charge in [0.05, 0.1) is 11.4 Å². The number of aliphatic imine (C=N–C) groups is 2. The molecule has 1 fully saturated rings. The maximum atomic E-state index is 12.3. The molecule has 2 aliphatic heterocycles. The number of hydrazone groups is 1. The number of carbonyl (C=O) groups excluding carboxylic acids is 1. The molecule has 1 saturated carbocycles. The largest absolute Gasteiger partial charge is 0.378 e. The normalized spacial score (nSPS) is 21.1. The van der Waals surface area contributed by atoms with E-state index in [9.17, 15) is 4.79 Å². The minimum Gasteiger partial charge on any atom is -0.378 e. The van der Waals surface area contributed by atoms with Gasteiger partial charge in [0.2, 0.25) is 0 Å². The molecule has 1 aromatic carbocycles. The highest BCUT2D eigenvalue weighted by Gasteiger charge is 2.34. The van der Waals surface area contributed by atoms with Gasteiger partial charge in [0.15, 0.2) is 0 Å². The van der Waals surface area contributed by atoms with E-state index < -0.39 is 0 Å². The van der Waals surface area contributed by atoms with Crippen molar-refractivity contribution in [3.05, 3.63) is 35.5 Å². The SMILES string of the molecule is CN(C)c1ccc(C=C2C(=O)N=C3N=C4CCCCC4=NN23)cc1. The fourth-order valence-corrected chi connectivity index (χ4v) is 3.06. The van der Waals surface area contributed by atoms with Crippen LogP contribution in [0.1, 0.15) is 31.2 Å². The molecule has 1 aromatic rings. The Bertz CT molecular complexity index is 814. The topological polar surface area (TPSA) is 60.6 Å². The third kappa shape index (κ3) is 2.54. The van der Waals surface area contributed by atoms with E-state index >= 15 is 0 Å². The van der Waals surface area contributed by atoms with E-state index in [1.165, 1.54) is 0 Å². The smallest absolute Gasteiger partial charge is 0.299 e. The van der Waals surface area contributed by atoms with Crippen LogP contribution < -0.4 is 4.90 Å². The van der Waals surface area contributed by atoms with Crippen molar-refractivity contribution < 1.29 is 4.79 Å². The summed E-state index contributed by atoms with van der Waals surface area (Å²) >= 11 is 0. The van der Waals surface area contributed by atoms with Crippen molar-refractivity contribution >= 4 is 35.1 Å². The fourth-order valence-electron chi connectivity index (χ4n) is 3.06. The molecule has 2 heterocycles. The lowest BCUT2D eigenvalue weighted by Gasteiger charge is -2.24. The van der Waals surface area contributed by atoms with Gasteiger partial charge in [-0.25, -0.2) is 4.99 Å². The van der Waals surface area contributed by atoms with E-state index in [2.05, 4.69) is 15.1 Å². The second-order valence-corrected chi connectivity index (χ2v) is 6.36. The Balaban J connectivity index is 1.66. The molecule has 1 aliphatic carbocycles. The Labute approximate surface area is 140 Å². The van der Waals surface area contributed by atoms with Gasteiger partial charge in [-0.1, -0.05) is 12.1 Å². The van der Waals surface area contributed by atoms with E-state index in [-0.39, 0.29) is 5.91 Å². The number of hydrogen-bond donors (Lipinski definition) is 0. The highest BCUT2D eigenvalue weighted by atomic mass is 16.2. The highest BCUT2D eigenvalue weighted by Crippen LogP contribution is 2.27. The summed E-state index contributed by atoms with van der Waals surface area (Å²) in [6, 6.07) is 8.01. The van der Waals surface area contributed by atoms with Gasteiger partial charge in [0.25, 0.3) is 11.9 Å². The molecular weight excluding hydrogens is 302 g/mol. The summed E-state index contributed by atoms with van der Waals surface area (Å²) in [7, 11) is 4.00. The quantitative estimate of drug-likeness (QED) is 0.787. The van der Waals surface area contributed by atoms with Crippen LogP contribution >= 0.6 is 0 Å². The number of amides is 1. The van der Waals surface area contributed by atoms with Crippen LogP contribution in [0.25, 0.3) is 6.08 Å². The van der Waals surface area contributed by atoms with Crippen LogP contribution in [0.3, 0.4) is 0 Å². The van der Waals surface area contributed by atoms with Crippen LogP contribution in [0.4, 0.5) is 5.69 Å². The first-order valence-electron chi connectivity index (χ1n) is 8.19. The van der Waals surface area contributed by atoms with Crippen LogP contribution in [0.15, 0.2) is 45.0 Å². The Hall–Kier alpha value is -2.76. The zero-order chi connectivity index (χ0) is 16.7. The molecule has 6 nitrogen and oxygen atoms in total. The van der Waals surface area contributed by atoms with Crippen molar-refractivity contribution in [2.24, 2.45) is 15.1 Å². The fraction of sp³-hybridized carbons (Fsp3) is 0.333. The Morgan fingerprint density at radius 2 is 1.75 bits per heavy atom. The number of hydrogen-bond acceptors (Lipinski definition) is 5. The lowest BCUT2D eigenvalue weighted by Crippen LogP contribution is -2.33. The first-order chi connectivity index (χ1) is 11.6. The zero-order valence-corrected chi connectivity index (χ0v) is 13.9. The number of guanidine groups is 1. The molecule has 0 bridgehead atoms. The summed E-state index contributed by atoms with van der Waals surface area (Å²) in [6.45, 7) is 0. The summed E-state index contributed by atoms with van der Waals surface area (Å²) < 4.78 is 0. The van der Waals surface area contributed by atoms with E-state index in [4.69, 9.17) is 0 Å². The molecule has 3 aliphatic rings. The van der Waals surface area contributed by atoms with Crippen molar-refractivity contribution in [1.82, 2.24) is 5.01 Å². The Morgan fingerprint density at radius 1 is 1.04 bits per heavy atom. The van der Waals surface area contributed by atoms with Gasteiger partial charge in [-0.2, -0.15) is 15.1 Å². The molecule has 0 radical (unpaired) electrons. The maximum Gasteiger partial charge on any atom is 0.299 e. The van der Waals surface area contributed by atoms with Crippen LogP contribution in [0, 0.1) is 0 Å². The second-order valence-electron chi connectivity index (χ2n) is 6.36. The first kappa shape index (κ1) is 14.8. The number of carbonyl (C=O) groups is 1. The molecular formula is C18H19N5O. The van der Waals surface area contributed by atoms with E-state index in [0.717, 1.165) is 48.4 Å². The summed E-state index contributed by atoms with van der Waals surface area (Å²) in [5, 5.41) is 6.22. The predicted molar refractivity (Wildman–Crippen MR) is 96.4 cm³/mol. The third-order valence-electron chi connectivity index (χ3n) is 4.42. The number of fused-ring (bicyclic) bond motifs is 2. The van der Waals surface area contributed by atoms with Crippen LogP contribution in [0.5, 0.6) is 0 Å². The van der Waals surface area contributed by atoms with Crippen molar-refractivity contribution in [2.75, 3.05) is 19.0 Å². The molecule has 0 aromatic heterocycles. The van der Waals surface area contributed by atoms with E-state index in [1.54, 1.807) is 5.01 Å². The number of benzene rings is 1. The van der Waals surface area contributed by atoms with Gasteiger partial charge in [0, 0.05) is 19.8 Å². The molecule has 0 atom stereocenters. The van der Waals surface area contributed by atoms with Crippen LogP contribution in [-0.2, 0) is 4.79 Å². The van der Waals surface area contributed by atoms with Crippen molar-refractivity contribution in [3.63, 3.8) is 0 Å². The molecule has 122 valence electrons. The zero-order valence-electron chi connectivity index (χ0n) is 13.9. The summed E-state index contributed by atoms with van der Waals surface area (Å²) in [5.74, 6) is 0.117. The molecule has 1 amide bonds. The molecule has 0 unspecified atom stereocenters. The Kier molecular flexibility index (Phi) is 3.52. The Morgan fingerprint density at radius 3 is 2.46 bits per heavy atom. The number of rotatable bonds is 2. The summed E-state index contributed by atoms with van der Waals surface area (Å²) in [5.41, 5.74) is 4.49. The van der Waals surface area contributed by atoms with Crippen molar-refractivity contribution in [1.29, 1.82) is 0 Å². The van der Waals surface area contributed by atoms with Gasteiger partial charge in [-0.05, 0) is 49.5 Å². The average molecular weight is 321 g/mol. The van der Waals surface area contributed by atoms with E-state index in [0.29, 0.717) is 11.7 Å². The van der Waals surface area contributed by atoms with Gasteiger partial charge in [0.1, 0.15) is 5.70 Å². The second kappa shape index (κ2) is 5.70. The van der Waals surface area contributed by atoms with Crippen molar-refractivity contribution in [2.45, 2.75) is 25.7 Å². The lowest BCUT2D eigenvalue weighted by molar-refractivity contribution is -0.114. The van der Waals surface area contributed by atoms with Crippen LogP contribution in [0.2, 0.25) is 0 Å². The minimum absolute atomic E-state index is 0.283. The highest BCUT2D eigenvalue weighted by molar-refractivity contribution is 6.45. The summed E-state index contributed by atoms with van der Waals surface area (Å²) in [4.78, 5) is 22.9. The predicted octanol–water partition coefficient (Wildman–Crippen LogP) is 2.68. The third-order valence-corrected chi connectivity index (χ3v) is 4.42. The standard InChI is InChI=1S/C18H19N5O/c1-22(2)13-9-7-12(8-10-13)11-16-17(24)20-18-19-14-5-3-4-6-15(14)21-23(16)18/h7-11H,3-6H2,1-2H3. The van der Waals surface area contributed by atoms with E-state index in [1.807, 2.05) is 49.3 Å². The maximum absolute atomic E-state index is 12.3. The molecule has 0 N–H and O–H groups in total. The lowest BCUT2D eigenvalue weighted by atomic mass is 9.96. The number of anilines is 1. The average Bonchev–Trinajstić information content (AvgIpc) is 2.88. The van der Waals surface area contributed by atoms with Crippen molar-refractivity contribution in [3.8, 4) is 0 Å². The van der Waals surface area contributed by atoms with Gasteiger partial charge in [-0.15, -0.1) is 0 Å². The van der Waals surface area contributed by atoms with Gasteiger partial charge >= 0.3 is 0 Å². The van der Waals surface area contributed by atoms with Gasteiger partial charge < -0.3 is 4.90 Å². The first-order valence-corrected chi connectivity index (χ1v) is 8.19.